The minimum atomic E-state index is -0.102. The number of aromatic nitrogens is 1. The van der Waals surface area contributed by atoms with E-state index in [2.05, 4.69) is 10.3 Å². The SMILES string of the molecule is C[C@@H](NC(=O)CCc1ccc(-c2ccccc2)o1)c1ccccn1. The summed E-state index contributed by atoms with van der Waals surface area (Å²) in [5.74, 6) is 1.63. The molecule has 0 aliphatic carbocycles. The number of nitrogens with one attached hydrogen (secondary N) is 1. The van der Waals surface area contributed by atoms with Gasteiger partial charge in [0, 0.05) is 24.6 Å². The first-order valence-electron chi connectivity index (χ1n) is 8.07. The Bertz CT molecular complexity index is 782. The number of carbonyl (C=O) groups excluding carboxylic acids is 1. The summed E-state index contributed by atoms with van der Waals surface area (Å²) < 4.78 is 5.82. The predicted octanol–water partition coefficient (Wildman–Crippen LogP) is 4.15. The van der Waals surface area contributed by atoms with E-state index in [1.54, 1.807) is 6.20 Å². The molecule has 0 aliphatic heterocycles. The molecule has 4 nitrogen and oxygen atoms in total. The first-order valence-corrected chi connectivity index (χ1v) is 8.07. The van der Waals surface area contributed by atoms with Crippen molar-refractivity contribution < 1.29 is 9.21 Å². The molecule has 0 aliphatic rings. The quantitative estimate of drug-likeness (QED) is 0.742. The molecule has 0 bridgehead atoms. The molecule has 0 saturated heterocycles. The van der Waals surface area contributed by atoms with Crippen LogP contribution in [0.3, 0.4) is 0 Å². The van der Waals surface area contributed by atoms with Crippen LogP contribution in [-0.2, 0) is 11.2 Å². The zero-order valence-corrected chi connectivity index (χ0v) is 13.6. The number of nitrogens with zero attached hydrogens (tertiary/aromatic N) is 1. The number of amides is 1. The van der Waals surface area contributed by atoms with Gasteiger partial charge >= 0.3 is 0 Å². The second-order valence-corrected chi connectivity index (χ2v) is 5.68. The van der Waals surface area contributed by atoms with E-state index in [4.69, 9.17) is 4.42 Å². The van der Waals surface area contributed by atoms with E-state index >= 15 is 0 Å². The van der Waals surface area contributed by atoms with Gasteiger partial charge in [-0.15, -0.1) is 0 Å². The fourth-order valence-electron chi connectivity index (χ4n) is 2.53. The van der Waals surface area contributed by atoms with Gasteiger partial charge in [0.1, 0.15) is 11.5 Å². The van der Waals surface area contributed by atoms with Crippen LogP contribution < -0.4 is 5.32 Å². The number of aryl methyl sites for hydroxylation is 1. The summed E-state index contributed by atoms with van der Waals surface area (Å²) in [7, 11) is 0. The zero-order chi connectivity index (χ0) is 16.8. The topological polar surface area (TPSA) is 55.1 Å². The maximum absolute atomic E-state index is 12.1. The molecule has 3 aromatic rings. The molecule has 0 saturated carbocycles. The lowest BCUT2D eigenvalue weighted by Crippen LogP contribution is -2.27. The summed E-state index contributed by atoms with van der Waals surface area (Å²) in [5, 5.41) is 2.96. The standard InChI is InChI=1S/C20H20N2O2/c1-15(18-9-5-6-14-21-18)22-20(23)13-11-17-10-12-19(24-17)16-7-3-2-4-8-16/h2-10,12,14-15H,11,13H2,1H3,(H,22,23)/t15-/m1/s1. The third kappa shape index (κ3) is 4.10. The molecular formula is C20H20N2O2. The third-order valence-electron chi connectivity index (χ3n) is 3.83. The van der Waals surface area contributed by atoms with E-state index in [9.17, 15) is 4.79 Å². The van der Waals surface area contributed by atoms with Crippen molar-refractivity contribution in [1.82, 2.24) is 10.3 Å². The average Bonchev–Trinajstić information content (AvgIpc) is 3.10. The first kappa shape index (κ1) is 16.0. The molecule has 122 valence electrons. The minimum Gasteiger partial charge on any atom is -0.461 e. The summed E-state index contributed by atoms with van der Waals surface area (Å²) in [6.45, 7) is 1.93. The van der Waals surface area contributed by atoms with Gasteiger partial charge in [0.2, 0.25) is 5.91 Å². The highest BCUT2D eigenvalue weighted by molar-refractivity contribution is 5.76. The van der Waals surface area contributed by atoms with E-state index < -0.39 is 0 Å². The Hall–Kier alpha value is -2.88. The van der Waals surface area contributed by atoms with Crippen LogP contribution in [0.25, 0.3) is 11.3 Å². The number of carbonyl (C=O) groups is 1. The molecule has 1 amide bonds. The number of benzene rings is 1. The monoisotopic (exact) mass is 320 g/mol. The molecule has 1 atom stereocenters. The Labute approximate surface area is 141 Å². The maximum atomic E-state index is 12.1. The number of pyridine rings is 1. The number of rotatable bonds is 6. The molecule has 1 aromatic carbocycles. The summed E-state index contributed by atoms with van der Waals surface area (Å²) in [6.07, 6.45) is 2.69. The third-order valence-corrected chi connectivity index (χ3v) is 3.83. The lowest BCUT2D eigenvalue weighted by molar-refractivity contribution is -0.121. The van der Waals surface area contributed by atoms with Crippen molar-refractivity contribution in [2.45, 2.75) is 25.8 Å². The fraction of sp³-hybridized carbons (Fsp3) is 0.200. The van der Waals surface area contributed by atoms with Crippen molar-refractivity contribution in [1.29, 1.82) is 0 Å². The molecule has 0 unspecified atom stereocenters. The largest absolute Gasteiger partial charge is 0.461 e. The zero-order valence-electron chi connectivity index (χ0n) is 13.6. The summed E-state index contributed by atoms with van der Waals surface area (Å²) in [4.78, 5) is 16.4. The molecule has 3 rings (SSSR count). The van der Waals surface area contributed by atoms with Gasteiger partial charge in [0.15, 0.2) is 0 Å². The molecule has 0 fully saturated rings. The van der Waals surface area contributed by atoms with Crippen LogP contribution in [0.2, 0.25) is 0 Å². The van der Waals surface area contributed by atoms with Gasteiger partial charge in [0.25, 0.3) is 0 Å². The lowest BCUT2D eigenvalue weighted by atomic mass is 10.2. The highest BCUT2D eigenvalue weighted by atomic mass is 16.3. The molecule has 1 N–H and O–H groups in total. The van der Waals surface area contributed by atoms with Crippen molar-refractivity contribution in [3.63, 3.8) is 0 Å². The Balaban J connectivity index is 1.53. The second kappa shape index (κ2) is 7.59. The molecule has 4 heteroatoms. The number of hydrogen-bond acceptors (Lipinski definition) is 3. The van der Waals surface area contributed by atoms with Crippen molar-refractivity contribution in [3.8, 4) is 11.3 Å². The van der Waals surface area contributed by atoms with Crippen molar-refractivity contribution in [3.05, 3.63) is 78.3 Å². The van der Waals surface area contributed by atoms with E-state index in [0.717, 1.165) is 22.8 Å². The predicted molar refractivity (Wildman–Crippen MR) is 93.3 cm³/mol. The summed E-state index contributed by atoms with van der Waals surface area (Å²) >= 11 is 0. The van der Waals surface area contributed by atoms with Crippen molar-refractivity contribution in [2.24, 2.45) is 0 Å². The van der Waals surface area contributed by atoms with Crippen LogP contribution in [-0.4, -0.2) is 10.9 Å². The number of furan rings is 1. The van der Waals surface area contributed by atoms with E-state index in [1.807, 2.05) is 67.6 Å². The molecule has 2 aromatic heterocycles. The Morgan fingerprint density at radius 3 is 2.62 bits per heavy atom. The Morgan fingerprint density at radius 1 is 1.08 bits per heavy atom. The van der Waals surface area contributed by atoms with E-state index in [-0.39, 0.29) is 11.9 Å². The maximum Gasteiger partial charge on any atom is 0.220 e. The van der Waals surface area contributed by atoms with Gasteiger partial charge in [0.05, 0.1) is 11.7 Å². The summed E-state index contributed by atoms with van der Waals surface area (Å²) in [6, 6.07) is 19.4. The van der Waals surface area contributed by atoms with Gasteiger partial charge in [-0.2, -0.15) is 0 Å². The van der Waals surface area contributed by atoms with Crippen LogP contribution in [0.1, 0.15) is 30.8 Å². The molecular weight excluding hydrogens is 300 g/mol. The van der Waals surface area contributed by atoms with E-state index in [0.29, 0.717) is 12.8 Å². The fourth-order valence-corrected chi connectivity index (χ4v) is 2.53. The molecule has 24 heavy (non-hydrogen) atoms. The smallest absolute Gasteiger partial charge is 0.220 e. The molecule has 0 spiro atoms. The van der Waals surface area contributed by atoms with Gasteiger partial charge in [-0.25, -0.2) is 0 Å². The van der Waals surface area contributed by atoms with Gasteiger partial charge in [-0.05, 0) is 31.2 Å². The molecule has 0 radical (unpaired) electrons. The van der Waals surface area contributed by atoms with Crippen molar-refractivity contribution in [2.75, 3.05) is 0 Å². The Morgan fingerprint density at radius 2 is 1.88 bits per heavy atom. The number of hydrogen-bond donors (Lipinski definition) is 1. The van der Waals surface area contributed by atoms with Crippen LogP contribution in [0.4, 0.5) is 0 Å². The highest BCUT2D eigenvalue weighted by Crippen LogP contribution is 2.22. The highest BCUT2D eigenvalue weighted by Gasteiger charge is 2.11. The van der Waals surface area contributed by atoms with Crippen molar-refractivity contribution >= 4 is 5.91 Å². The van der Waals surface area contributed by atoms with Gasteiger partial charge in [-0.3, -0.25) is 9.78 Å². The Kier molecular flexibility index (Phi) is 5.06. The second-order valence-electron chi connectivity index (χ2n) is 5.68. The van der Waals surface area contributed by atoms with Gasteiger partial charge < -0.3 is 9.73 Å². The van der Waals surface area contributed by atoms with Gasteiger partial charge in [-0.1, -0.05) is 36.4 Å². The molecule has 2 heterocycles. The summed E-state index contributed by atoms with van der Waals surface area (Å²) in [5.41, 5.74) is 1.90. The van der Waals surface area contributed by atoms with Crippen LogP contribution in [0.15, 0.2) is 71.3 Å². The minimum absolute atomic E-state index is 0.00851. The normalized spacial score (nSPS) is 11.9. The van der Waals surface area contributed by atoms with Crippen LogP contribution >= 0.6 is 0 Å². The first-order chi connectivity index (χ1) is 11.7. The lowest BCUT2D eigenvalue weighted by Gasteiger charge is -2.12. The average molecular weight is 320 g/mol. The van der Waals surface area contributed by atoms with Crippen LogP contribution in [0, 0.1) is 0 Å². The van der Waals surface area contributed by atoms with Crippen LogP contribution in [0.5, 0.6) is 0 Å². The van der Waals surface area contributed by atoms with E-state index in [1.165, 1.54) is 0 Å².